The second kappa shape index (κ2) is 5.27. The molecule has 1 fully saturated rings. The second-order valence-electron chi connectivity index (χ2n) is 4.41. The Morgan fingerprint density at radius 3 is 2.88 bits per heavy atom. The first-order valence-electron chi connectivity index (χ1n) is 5.92. The number of ether oxygens (including phenoxy) is 1. The monoisotopic (exact) mass is 238 g/mol. The maximum Gasteiger partial charge on any atom is 0.223 e. The molecule has 0 spiro atoms. The molecule has 0 saturated heterocycles. The van der Waals surface area contributed by atoms with Gasteiger partial charge in [0.05, 0.1) is 31.0 Å². The molecule has 1 saturated carbocycles. The smallest absolute Gasteiger partial charge is 0.223 e. The minimum absolute atomic E-state index is 0.179. The summed E-state index contributed by atoms with van der Waals surface area (Å²) in [5, 5.41) is 8.16. The minimum Gasteiger partial charge on any atom is -0.383 e. The van der Waals surface area contributed by atoms with Crippen LogP contribution in [0.3, 0.4) is 0 Å². The summed E-state index contributed by atoms with van der Waals surface area (Å²) < 4.78 is 6.90. The molecule has 1 heterocycles. The number of methoxy groups -OCH3 is 1. The second-order valence-corrected chi connectivity index (χ2v) is 4.41. The number of hydrogen-bond donors (Lipinski definition) is 1. The number of primary amides is 1. The molecule has 2 N–H and O–H groups in total. The quantitative estimate of drug-likeness (QED) is 0.768. The van der Waals surface area contributed by atoms with Crippen molar-refractivity contribution in [2.24, 2.45) is 5.73 Å². The third-order valence-corrected chi connectivity index (χ3v) is 3.19. The van der Waals surface area contributed by atoms with Crippen LogP contribution in [0.2, 0.25) is 0 Å². The Labute approximate surface area is 100 Å². The van der Waals surface area contributed by atoms with E-state index in [1.165, 1.54) is 6.42 Å². The summed E-state index contributed by atoms with van der Waals surface area (Å²) in [4.78, 5) is 11.0. The van der Waals surface area contributed by atoms with E-state index in [9.17, 15) is 4.79 Å². The van der Waals surface area contributed by atoms with Crippen molar-refractivity contribution in [2.45, 2.75) is 38.1 Å². The highest BCUT2D eigenvalue weighted by molar-refractivity contribution is 5.76. The van der Waals surface area contributed by atoms with E-state index >= 15 is 0 Å². The number of carbonyl (C=O) groups excluding carboxylic acids is 1. The maximum absolute atomic E-state index is 11.0. The third kappa shape index (κ3) is 2.63. The lowest BCUT2D eigenvalue weighted by molar-refractivity contribution is -0.117. The Balaban J connectivity index is 2.19. The van der Waals surface area contributed by atoms with E-state index in [4.69, 9.17) is 10.5 Å². The summed E-state index contributed by atoms with van der Waals surface area (Å²) in [5.41, 5.74) is 7.03. The van der Waals surface area contributed by atoms with Crippen LogP contribution in [0.1, 0.15) is 36.6 Å². The lowest BCUT2D eigenvalue weighted by Crippen LogP contribution is -2.21. The first-order chi connectivity index (χ1) is 8.22. The van der Waals surface area contributed by atoms with Crippen LogP contribution in [-0.2, 0) is 22.5 Å². The van der Waals surface area contributed by atoms with Gasteiger partial charge in [-0.05, 0) is 12.8 Å². The predicted octanol–water partition coefficient (Wildman–Crippen LogP) is 0.220. The molecule has 0 aromatic carbocycles. The predicted molar refractivity (Wildman–Crippen MR) is 61.4 cm³/mol. The van der Waals surface area contributed by atoms with Gasteiger partial charge >= 0.3 is 0 Å². The van der Waals surface area contributed by atoms with Gasteiger partial charge in [0.2, 0.25) is 5.91 Å². The molecule has 1 amide bonds. The number of nitrogens with zero attached hydrogens (tertiary/aromatic N) is 3. The zero-order valence-electron chi connectivity index (χ0n) is 10.1. The van der Waals surface area contributed by atoms with Crippen molar-refractivity contribution in [3.05, 3.63) is 11.4 Å². The molecule has 0 aliphatic heterocycles. The van der Waals surface area contributed by atoms with Gasteiger partial charge in [0.15, 0.2) is 0 Å². The molecule has 0 unspecified atom stereocenters. The number of hydrogen-bond acceptors (Lipinski definition) is 4. The van der Waals surface area contributed by atoms with E-state index in [1.807, 2.05) is 4.68 Å². The number of carbonyl (C=O) groups is 1. The summed E-state index contributed by atoms with van der Waals surface area (Å²) >= 11 is 0. The van der Waals surface area contributed by atoms with Crippen molar-refractivity contribution in [3.63, 3.8) is 0 Å². The van der Waals surface area contributed by atoms with E-state index in [-0.39, 0.29) is 12.3 Å². The SMILES string of the molecule is COCCn1nnc(CC(N)=O)c1C1CCC1. The van der Waals surface area contributed by atoms with Crippen molar-refractivity contribution in [1.29, 1.82) is 0 Å². The molecular formula is C11H18N4O2. The third-order valence-electron chi connectivity index (χ3n) is 3.19. The molecule has 6 nitrogen and oxygen atoms in total. The van der Waals surface area contributed by atoms with Gasteiger partial charge in [-0.15, -0.1) is 5.10 Å². The molecule has 1 aromatic heterocycles. The Morgan fingerprint density at radius 1 is 1.59 bits per heavy atom. The number of amides is 1. The normalized spacial score (nSPS) is 15.8. The highest BCUT2D eigenvalue weighted by Gasteiger charge is 2.27. The van der Waals surface area contributed by atoms with E-state index in [0.29, 0.717) is 19.1 Å². The fourth-order valence-electron chi connectivity index (χ4n) is 2.12. The Morgan fingerprint density at radius 2 is 2.35 bits per heavy atom. The molecule has 2 rings (SSSR count). The molecule has 6 heteroatoms. The minimum atomic E-state index is -0.357. The van der Waals surface area contributed by atoms with Crippen molar-refractivity contribution in [1.82, 2.24) is 15.0 Å². The summed E-state index contributed by atoms with van der Waals surface area (Å²) in [7, 11) is 1.66. The van der Waals surface area contributed by atoms with Gasteiger partial charge in [0.25, 0.3) is 0 Å². The van der Waals surface area contributed by atoms with Crippen LogP contribution in [0, 0.1) is 0 Å². The molecule has 0 radical (unpaired) electrons. The zero-order valence-corrected chi connectivity index (χ0v) is 10.1. The van der Waals surface area contributed by atoms with Gasteiger partial charge in [-0.25, -0.2) is 4.68 Å². The molecule has 94 valence electrons. The zero-order chi connectivity index (χ0) is 12.3. The summed E-state index contributed by atoms with van der Waals surface area (Å²) in [6, 6.07) is 0. The van der Waals surface area contributed by atoms with Crippen LogP contribution in [0.5, 0.6) is 0 Å². The lowest BCUT2D eigenvalue weighted by Gasteiger charge is -2.26. The standard InChI is InChI=1S/C11H18N4O2/c1-17-6-5-15-11(8-3-2-4-8)9(13-14-15)7-10(12)16/h8H,2-7H2,1H3,(H2,12,16). The average Bonchev–Trinajstić information content (AvgIpc) is 2.56. The van der Waals surface area contributed by atoms with Crippen LogP contribution in [0.15, 0.2) is 0 Å². The molecule has 0 bridgehead atoms. The van der Waals surface area contributed by atoms with Crippen LogP contribution in [0.4, 0.5) is 0 Å². The topological polar surface area (TPSA) is 83.0 Å². The lowest BCUT2D eigenvalue weighted by atomic mass is 9.81. The fraction of sp³-hybridized carbons (Fsp3) is 0.727. The summed E-state index contributed by atoms with van der Waals surface area (Å²) in [5.74, 6) is 0.126. The van der Waals surface area contributed by atoms with E-state index in [1.54, 1.807) is 7.11 Å². The molecular weight excluding hydrogens is 220 g/mol. The van der Waals surface area contributed by atoms with Gasteiger partial charge in [-0.3, -0.25) is 4.79 Å². The van der Waals surface area contributed by atoms with Crippen LogP contribution in [0.25, 0.3) is 0 Å². The number of aromatic nitrogens is 3. The first-order valence-corrected chi connectivity index (χ1v) is 5.92. The summed E-state index contributed by atoms with van der Waals surface area (Å²) in [6.45, 7) is 1.27. The van der Waals surface area contributed by atoms with E-state index in [0.717, 1.165) is 24.2 Å². The number of nitrogens with two attached hydrogens (primary N) is 1. The Bertz CT molecular complexity index is 398. The van der Waals surface area contributed by atoms with E-state index < -0.39 is 0 Å². The molecule has 17 heavy (non-hydrogen) atoms. The Hall–Kier alpha value is -1.43. The van der Waals surface area contributed by atoms with Gasteiger partial charge in [-0.1, -0.05) is 11.6 Å². The van der Waals surface area contributed by atoms with Gasteiger partial charge in [0.1, 0.15) is 0 Å². The molecule has 1 aliphatic carbocycles. The van der Waals surface area contributed by atoms with Crippen molar-refractivity contribution in [2.75, 3.05) is 13.7 Å². The van der Waals surface area contributed by atoms with Gasteiger partial charge in [-0.2, -0.15) is 0 Å². The van der Waals surface area contributed by atoms with Crippen molar-refractivity contribution < 1.29 is 9.53 Å². The molecule has 1 aliphatic rings. The number of rotatable bonds is 6. The van der Waals surface area contributed by atoms with Gasteiger partial charge in [0, 0.05) is 13.0 Å². The van der Waals surface area contributed by atoms with Crippen LogP contribution in [-0.4, -0.2) is 34.6 Å². The Kier molecular flexibility index (Phi) is 3.73. The largest absolute Gasteiger partial charge is 0.383 e. The first kappa shape index (κ1) is 12.0. The maximum atomic E-state index is 11.0. The van der Waals surface area contributed by atoms with E-state index in [2.05, 4.69) is 10.3 Å². The van der Waals surface area contributed by atoms with Crippen molar-refractivity contribution in [3.8, 4) is 0 Å². The molecule has 0 atom stereocenters. The molecule has 1 aromatic rings. The van der Waals surface area contributed by atoms with Crippen molar-refractivity contribution >= 4 is 5.91 Å². The highest BCUT2D eigenvalue weighted by Crippen LogP contribution is 2.37. The van der Waals surface area contributed by atoms with Crippen LogP contribution >= 0.6 is 0 Å². The summed E-state index contributed by atoms with van der Waals surface area (Å²) in [6.07, 6.45) is 3.70. The average molecular weight is 238 g/mol. The van der Waals surface area contributed by atoms with Gasteiger partial charge < -0.3 is 10.5 Å². The highest BCUT2D eigenvalue weighted by atomic mass is 16.5. The fourth-order valence-corrected chi connectivity index (χ4v) is 2.12. The van der Waals surface area contributed by atoms with Crippen LogP contribution < -0.4 is 5.73 Å².